The minimum absolute atomic E-state index is 0.151. The highest BCUT2D eigenvalue weighted by Gasteiger charge is 2.49. The molecule has 180 valence electrons. The SMILES string of the molecule is O=C1NC(=O)N([C@@H]2C[C@H]3CC[C@H]2C3)C(=O)/C1=C\c1cc(Br)cc(Br)c1OC(=O)c1ccc(Br)cc1. The number of barbiturate groups is 1. The molecule has 1 N–H and O–H groups in total. The number of urea groups is 1. The summed E-state index contributed by atoms with van der Waals surface area (Å²) in [5.74, 6) is -1.07. The number of halogens is 3. The van der Waals surface area contributed by atoms with Crippen LogP contribution >= 0.6 is 47.8 Å². The van der Waals surface area contributed by atoms with E-state index in [1.54, 1.807) is 36.4 Å². The minimum Gasteiger partial charge on any atom is -0.421 e. The van der Waals surface area contributed by atoms with Crippen molar-refractivity contribution in [2.45, 2.75) is 31.7 Å². The van der Waals surface area contributed by atoms with Gasteiger partial charge in [-0.2, -0.15) is 0 Å². The lowest BCUT2D eigenvalue weighted by molar-refractivity contribution is -0.132. The molecule has 2 aromatic carbocycles. The molecule has 7 nitrogen and oxygen atoms in total. The second-order valence-corrected chi connectivity index (χ2v) is 11.6. The Balaban J connectivity index is 1.49. The van der Waals surface area contributed by atoms with E-state index in [2.05, 4.69) is 53.1 Å². The molecule has 1 heterocycles. The predicted molar refractivity (Wildman–Crippen MR) is 139 cm³/mol. The lowest BCUT2D eigenvalue weighted by atomic mass is 9.93. The summed E-state index contributed by atoms with van der Waals surface area (Å²) in [6.45, 7) is 0. The van der Waals surface area contributed by atoms with Crippen molar-refractivity contribution < 1.29 is 23.9 Å². The standard InChI is InChI=1S/C25H19Br3N2O5/c26-16-5-3-13(4-6-16)24(33)35-21-15(9-17(27)11-19(21)28)10-18-22(31)29-25(34)30(23(18)32)20-8-12-1-2-14(20)7-12/h3-6,9-12,14,20H,1-2,7-8H2,(H,29,31,34)/b18-10-/t12-,14-,20+/m0/s1. The molecule has 35 heavy (non-hydrogen) atoms. The van der Waals surface area contributed by atoms with Gasteiger partial charge in [-0.3, -0.25) is 19.8 Å². The predicted octanol–water partition coefficient (Wildman–Crippen LogP) is 5.84. The van der Waals surface area contributed by atoms with E-state index in [0.717, 1.165) is 30.2 Å². The Morgan fingerprint density at radius 1 is 1.00 bits per heavy atom. The second-order valence-electron chi connectivity index (χ2n) is 8.94. The molecule has 5 rings (SSSR count). The van der Waals surface area contributed by atoms with Gasteiger partial charge in [-0.1, -0.05) is 38.3 Å². The Morgan fingerprint density at radius 3 is 2.40 bits per heavy atom. The Hall–Kier alpha value is -2.30. The number of nitrogens with one attached hydrogen (secondary N) is 1. The van der Waals surface area contributed by atoms with Crippen molar-refractivity contribution in [1.29, 1.82) is 0 Å². The van der Waals surface area contributed by atoms with Gasteiger partial charge in [0.25, 0.3) is 11.8 Å². The van der Waals surface area contributed by atoms with Crippen LogP contribution in [0.1, 0.15) is 41.6 Å². The summed E-state index contributed by atoms with van der Waals surface area (Å²) < 4.78 is 7.58. The normalized spacial score (nSPS) is 24.8. The highest BCUT2D eigenvalue weighted by atomic mass is 79.9. The van der Waals surface area contributed by atoms with Crippen molar-refractivity contribution in [2.75, 3.05) is 0 Å². The first-order valence-corrected chi connectivity index (χ1v) is 13.5. The molecule has 3 atom stereocenters. The van der Waals surface area contributed by atoms with Crippen molar-refractivity contribution in [3.63, 3.8) is 0 Å². The number of nitrogens with zero attached hydrogens (tertiary/aromatic N) is 1. The number of esters is 1. The van der Waals surface area contributed by atoms with Gasteiger partial charge in [0.1, 0.15) is 5.57 Å². The molecule has 2 bridgehead atoms. The van der Waals surface area contributed by atoms with Gasteiger partial charge in [0.2, 0.25) is 0 Å². The first-order chi connectivity index (χ1) is 16.7. The van der Waals surface area contributed by atoms with Gasteiger partial charge in [0.05, 0.1) is 10.0 Å². The van der Waals surface area contributed by atoms with Crippen molar-refractivity contribution in [3.05, 3.63) is 66.5 Å². The molecule has 4 amide bonds. The fourth-order valence-electron chi connectivity index (χ4n) is 5.19. The van der Waals surface area contributed by atoms with Crippen molar-refractivity contribution in [1.82, 2.24) is 10.2 Å². The molecular formula is C25H19Br3N2O5. The third-order valence-corrected chi connectivity index (χ3v) is 8.35. The maximum Gasteiger partial charge on any atom is 0.343 e. The van der Waals surface area contributed by atoms with E-state index in [9.17, 15) is 19.2 Å². The number of fused-ring (bicyclic) bond motifs is 2. The van der Waals surface area contributed by atoms with Crippen LogP contribution in [0.25, 0.3) is 6.08 Å². The summed E-state index contributed by atoms with van der Waals surface area (Å²) in [7, 11) is 0. The number of benzene rings is 2. The molecule has 2 saturated carbocycles. The average Bonchev–Trinajstić information content (AvgIpc) is 3.43. The fourth-order valence-corrected chi connectivity index (χ4v) is 6.79. The maximum atomic E-state index is 13.4. The summed E-state index contributed by atoms with van der Waals surface area (Å²) in [6.07, 6.45) is 5.23. The van der Waals surface area contributed by atoms with E-state index in [1.165, 1.54) is 11.0 Å². The van der Waals surface area contributed by atoms with Gasteiger partial charge in [-0.25, -0.2) is 9.59 Å². The zero-order valence-corrected chi connectivity index (χ0v) is 23.0. The third-order valence-electron chi connectivity index (χ3n) is 6.78. The van der Waals surface area contributed by atoms with E-state index in [0.29, 0.717) is 26.0 Å². The molecule has 1 aliphatic heterocycles. The molecular weight excluding hydrogens is 648 g/mol. The summed E-state index contributed by atoms with van der Waals surface area (Å²) in [4.78, 5) is 52.8. The van der Waals surface area contributed by atoms with Crippen LogP contribution in [-0.4, -0.2) is 34.8 Å². The first-order valence-electron chi connectivity index (χ1n) is 11.1. The number of carbonyl (C=O) groups excluding carboxylic acids is 4. The number of hydrogen-bond donors (Lipinski definition) is 1. The smallest absolute Gasteiger partial charge is 0.343 e. The molecule has 0 radical (unpaired) electrons. The second kappa shape index (κ2) is 9.63. The number of ether oxygens (including phenoxy) is 1. The molecule has 3 aliphatic rings. The molecule has 10 heteroatoms. The maximum absolute atomic E-state index is 13.4. The summed E-state index contributed by atoms with van der Waals surface area (Å²) in [5, 5.41) is 2.31. The number of carbonyl (C=O) groups is 4. The summed E-state index contributed by atoms with van der Waals surface area (Å²) in [6, 6.07) is 9.14. The van der Waals surface area contributed by atoms with Crippen LogP contribution < -0.4 is 10.1 Å². The fraction of sp³-hybridized carbons (Fsp3) is 0.280. The molecule has 2 aromatic rings. The van der Waals surface area contributed by atoms with Crippen LogP contribution in [0.5, 0.6) is 5.75 Å². The van der Waals surface area contributed by atoms with E-state index >= 15 is 0 Å². The minimum atomic E-state index is -0.777. The Labute approximate surface area is 226 Å². The van der Waals surface area contributed by atoms with E-state index in [-0.39, 0.29) is 23.3 Å². The monoisotopic (exact) mass is 664 g/mol. The molecule has 2 aliphatic carbocycles. The topological polar surface area (TPSA) is 92.8 Å². The van der Waals surface area contributed by atoms with E-state index in [4.69, 9.17) is 4.74 Å². The first kappa shape index (κ1) is 24.4. The number of amides is 4. The lowest BCUT2D eigenvalue weighted by Gasteiger charge is -2.35. The largest absolute Gasteiger partial charge is 0.421 e. The van der Waals surface area contributed by atoms with Crippen molar-refractivity contribution >= 4 is 77.7 Å². The zero-order chi connectivity index (χ0) is 24.9. The molecule has 0 spiro atoms. The summed E-state index contributed by atoms with van der Waals surface area (Å²) in [5.41, 5.74) is 0.483. The average molecular weight is 667 g/mol. The van der Waals surface area contributed by atoms with Gasteiger partial charge < -0.3 is 4.74 Å². The van der Waals surface area contributed by atoms with E-state index in [1.807, 2.05) is 0 Å². The molecule has 1 saturated heterocycles. The van der Waals surface area contributed by atoms with Crippen LogP contribution in [0.15, 0.2) is 55.4 Å². The highest BCUT2D eigenvalue weighted by Crippen LogP contribution is 2.47. The lowest BCUT2D eigenvalue weighted by Crippen LogP contribution is -2.58. The van der Waals surface area contributed by atoms with Crippen molar-refractivity contribution in [2.24, 2.45) is 11.8 Å². The van der Waals surface area contributed by atoms with Crippen LogP contribution in [0.2, 0.25) is 0 Å². The summed E-state index contributed by atoms with van der Waals surface area (Å²) >= 11 is 10.1. The van der Waals surface area contributed by atoms with Crippen LogP contribution in [0, 0.1) is 11.8 Å². The Morgan fingerprint density at radius 2 is 1.74 bits per heavy atom. The van der Waals surface area contributed by atoms with Crippen LogP contribution in [-0.2, 0) is 9.59 Å². The molecule has 0 unspecified atom stereocenters. The number of rotatable bonds is 4. The van der Waals surface area contributed by atoms with Gasteiger partial charge in [0.15, 0.2) is 5.75 Å². The van der Waals surface area contributed by atoms with Gasteiger partial charge in [-0.05, 0) is 89.5 Å². The van der Waals surface area contributed by atoms with Crippen molar-refractivity contribution in [3.8, 4) is 5.75 Å². The number of imide groups is 2. The number of hydrogen-bond acceptors (Lipinski definition) is 5. The quantitative estimate of drug-likeness (QED) is 0.192. The van der Waals surface area contributed by atoms with Crippen LogP contribution in [0.3, 0.4) is 0 Å². The van der Waals surface area contributed by atoms with Gasteiger partial charge >= 0.3 is 12.0 Å². The Bertz CT molecular complexity index is 1290. The van der Waals surface area contributed by atoms with E-state index < -0.39 is 23.8 Å². The van der Waals surface area contributed by atoms with Gasteiger partial charge in [0, 0.05) is 20.6 Å². The zero-order valence-electron chi connectivity index (χ0n) is 18.2. The molecule has 3 fully saturated rings. The third kappa shape index (κ3) is 4.75. The Kier molecular flexibility index (Phi) is 6.71. The molecule has 0 aromatic heterocycles. The highest BCUT2D eigenvalue weighted by molar-refractivity contribution is 9.11. The van der Waals surface area contributed by atoms with Gasteiger partial charge in [-0.15, -0.1) is 0 Å². The van der Waals surface area contributed by atoms with Crippen LogP contribution in [0.4, 0.5) is 4.79 Å².